The first-order valence-electron chi connectivity index (χ1n) is 12.3. The molecule has 7 nitrogen and oxygen atoms in total. The molecule has 0 radical (unpaired) electrons. The van der Waals surface area contributed by atoms with Gasteiger partial charge in [0.25, 0.3) is 5.91 Å². The standard InChI is InChI=1S/C27H30N4O3S/c1-33-20-3-4-23-21(14-20)22-13-19(16-34-25(22)15-29-23)31-9-6-18(7-10-31)30-27(32)17-2-5-26-24(12-17)28-8-11-35-26/h2-5,12,14-15,18-19,28H,6-11,13,16H2,1H3,(H,30,32). The second-order valence-electron chi connectivity index (χ2n) is 9.42. The molecular weight excluding hydrogens is 460 g/mol. The summed E-state index contributed by atoms with van der Waals surface area (Å²) in [6.07, 6.45) is 4.66. The number of fused-ring (bicyclic) bond motifs is 4. The Hall–Kier alpha value is -2.97. The Labute approximate surface area is 209 Å². The van der Waals surface area contributed by atoms with Crippen molar-refractivity contribution in [1.29, 1.82) is 0 Å². The van der Waals surface area contributed by atoms with E-state index >= 15 is 0 Å². The predicted molar refractivity (Wildman–Crippen MR) is 139 cm³/mol. The van der Waals surface area contributed by atoms with E-state index in [1.807, 2.05) is 42.2 Å². The number of carbonyl (C=O) groups excluding carboxylic acids is 1. The summed E-state index contributed by atoms with van der Waals surface area (Å²) >= 11 is 1.84. The molecule has 1 unspecified atom stereocenters. The molecule has 3 aliphatic rings. The molecule has 1 atom stereocenters. The van der Waals surface area contributed by atoms with Gasteiger partial charge >= 0.3 is 0 Å². The van der Waals surface area contributed by atoms with Crippen LogP contribution in [0.1, 0.15) is 28.8 Å². The molecule has 8 heteroatoms. The van der Waals surface area contributed by atoms with Crippen LogP contribution in [0.3, 0.4) is 0 Å². The third kappa shape index (κ3) is 4.52. The maximum absolute atomic E-state index is 12.9. The molecule has 0 bridgehead atoms. The van der Waals surface area contributed by atoms with Crippen LogP contribution >= 0.6 is 11.8 Å². The van der Waals surface area contributed by atoms with E-state index in [1.54, 1.807) is 7.11 Å². The first-order chi connectivity index (χ1) is 17.2. The van der Waals surface area contributed by atoms with Crippen LogP contribution in [0.15, 0.2) is 47.5 Å². The van der Waals surface area contributed by atoms with Gasteiger partial charge in [-0.2, -0.15) is 0 Å². The number of amides is 1. The number of benzene rings is 2. The maximum Gasteiger partial charge on any atom is 0.251 e. The summed E-state index contributed by atoms with van der Waals surface area (Å²) < 4.78 is 11.6. The van der Waals surface area contributed by atoms with E-state index in [0.29, 0.717) is 12.6 Å². The lowest BCUT2D eigenvalue weighted by molar-refractivity contribution is 0.0800. The third-order valence-electron chi connectivity index (χ3n) is 7.32. The second-order valence-corrected chi connectivity index (χ2v) is 10.6. The molecule has 0 saturated carbocycles. The highest BCUT2D eigenvalue weighted by Crippen LogP contribution is 2.34. The van der Waals surface area contributed by atoms with Crippen LogP contribution in [0.25, 0.3) is 10.9 Å². The molecule has 6 rings (SSSR count). The van der Waals surface area contributed by atoms with Crippen LogP contribution in [0.2, 0.25) is 0 Å². The van der Waals surface area contributed by atoms with Gasteiger partial charge in [-0.15, -0.1) is 11.8 Å². The second kappa shape index (κ2) is 9.59. The van der Waals surface area contributed by atoms with Gasteiger partial charge in [0.15, 0.2) is 0 Å². The SMILES string of the molecule is COc1ccc2ncc3c(c2c1)CC(N1CCC(NC(=O)c2ccc4c(c2)NCCS4)CC1)CO3. The van der Waals surface area contributed by atoms with E-state index in [1.165, 1.54) is 10.5 Å². The summed E-state index contributed by atoms with van der Waals surface area (Å²) in [7, 11) is 1.69. The van der Waals surface area contributed by atoms with E-state index in [9.17, 15) is 4.79 Å². The highest BCUT2D eigenvalue weighted by molar-refractivity contribution is 7.99. The minimum absolute atomic E-state index is 0.0199. The Morgan fingerprint density at radius 2 is 2.11 bits per heavy atom. The zero-order chi connectivity index (χ0) is 23.8. The van der Waals surface area contributed by atoms with Gasteiger partial charge < -0.3 is 20.1 Å². The fourth-order valence-corrected chi connectivity index (χ4v) is 6.22. The molecule has 35 heavy (non-hydrogen) atoms. The predicted octanol–water partition coefficient (Wildman–Crippen LogP) is 3.96. The Morgan fingerprint density at radius 1 is 1.23 bits per heavy atom. The first kappa shape index (κ1) is 22.5. The molecule has 0 aliphatic carbocycles. The van der Waals surface area contributed by atoms with Crippen molar-refractivity contribution in [2.24, 2.45) is 0 Å². The third-order valence-corrected chi connectivity index (χ3v) is 8.39. The van der Waals surface area contributed by atoms with Crippen LogP contribution < -0.4 is 20.1 Å². The molecule has 1 amide bonds. The summed E-state index contributed by atoms with van der Waals surface area (Å²) in [6.45, 7) is 3.50. The van der Waals surface area contributed by atoms with Crippen molar-refractivity contribution < 1.29 is 14.3 Å². The molecule has 182 valence electrons. The van der Waals surface area contributed by atoms with Gasteiger partial charge in [0, 0.05) is 64.6 Å². The number of nitrogens with one attached hydrogen (secondary N) is 2. The Kier molecular flexibility index (Phi) is 6.16. The molecule has 0 spiro atoms. The number of pyridine rings is 1. The van der Waals surface area contributed by atoms with Crippen LogP contribution in [0.5, 0.6) is 11.5 Å². The smallest absolute Gasteiger partial charge is 0.251 e. The zero-order valence-electron chi connectivity index (χ0n) is 19.9. The number of methoxy groups -OCH3 is 1. The van der Waals surface area contributed by atoms with E-state index in [-0.39, 0.29) is 11.9 Å². The Morgan fingerprint density at radius 3 is 2.97 bits per heavy atom. The first-order valence-corrected chi connectivity index (χ1v) is 13.3. The molecule has 1 fully saturated rings. The van der Waals surface area contributed by atoms with Gasteiger partial charge in [0.2, 0.25) is 0 Å². The van der Waals surface area contributed by atoms with Gasteiger partial charge in [0.05, 0.1) is 18.8 Å². The lowest BCUT2D eigenvalue weighted by Gasteiger charge is -2.39. The normalized spacial score (nSPS) is 20.3. The topological polar surface area (TPSA) is 75.7 Å². The van der Waals surface area contributed by atoms with Crippen LogP contribution in [0, 0.1) is 0 Å². The molecular formula is C27H30N4O3S. The van der Waals surface area contributed by atoms with E-state index in [4.69, 9.17) is 9.47 Å². The number of hydrogen-bond acceptors (Lipinski definition) is 7. The van der Waals surface area contributed by atoms with Gasteiger partial charge in [-0.05, 0) is 55.7 Å². The highest BCUT2D eigenvalue weighted by atomic mass is 32.2. The van der Waals surface area contributed by atoms with Crippen molar-refractivity contribution >= 4 is 34.3 Å². The summed E-state index contributed by atoms with van der Waals surface area (Å²) in [4.78, 5) is 21.2. The molecule has 3 aromatic rings. The number of likely N-dealkylation sites (tertiary alicyclic amines) is 1. The monoisotopic (exact) mass is 490 g/mol. The van der Waals surface area contributed by atoms with Crippen molar-refractivity contribution in [3.05, 3.63) is 53.7 Å². The minimum atomic E-state index is 0.0199. The number of ether oxygens (including phenoxy) is 2. The summed E-state index contributed by atoms with van der Waals surface area (Å²) in [5.41, 5.74) is 3.97. The molecule has 2 aromatic carbocycles. The van der Waals surface area contributed by atoms with Gasteiger partial charge in [0.1, 0.15) is 18.1 Å². The van der Waals surface area contributed by atoms with Gasteiger partial charge in [-0.1, -0.05) is 0 Å². The van der Waals surface area contributed by atoms with Gasteiger partial charge in [-0.3, -0.25) is 14.7 Å². The molecule has 1 aromatic heterocycles. The fourth-order valence-electron chi connectivity index (χ4n) is 5.34. The number of anilines is 1. The molecule has 3 aliphatic heterocycles. The highest BCUT2D eigenvalue weighted by Gasteiger charge is 2.31. The lowest BCUT2D eigenvalue weighted by atomic mass is 9.95. The largest absolute Gasteiger partial charge is 0.497 e. The number of carbonyl (C=O) groups is 1. The van der Waals surface area contributed by atoms with Crippen molar-refractivity contribution in [3.63, 3.8) is 0 Å². The van der Waals surface area contributed by atoms with Crippen LogP contribution in [-0.2, 0) is 6.42 Å². The van der Waals surface area contributed by atoms with E-state index in [2.05, 4.69) is 32.7 Å². The van der Waals surface area contributed by atoms with Gasteiger partial charge in [-0.25, -0.2) is 0 Å². The van der Waals surface area contributed by atoms with E-state index < -0.39 is 0 Å². The quantitative estimate of drug-likeness (QED) is 0.573. The number of aromatic nitrogens is 1. The molecule has 1 saturated heterocycles. The molecule has 4 heterocycles. The number of piperidine rings is 1. The van der Waals surface area contributed by atoms with Crippen molar-refractivity contribution in [3.8, 4) is 11.5 Å². The van der Waals surface area contributed by atoms with Crippen molar-refractivity contribution in [2.75, 3.05) is 44.4 Å². The average molecular weight is 491 g/mol. The molecule has 2 N–H and O–H groups in total. The number of nitrogens with zero attached hydrogens (tertiary/aromatic N) is 2. The van der Waals surface area contributed by atoms with Crippen molar-refractivity contribution in [2.45, 2.75) is 36.2 Å². The van der Waals surface area contributed by atoms with Crippen LogP contribution in [0.4, 0.5) is 5.69 Å². The maximum atomic E-state index is 12.9. The summed E-state index contributed by atoms with van der Waals surface area (Å²) in [5.74, 6) is 2.80. The number of rotatable bonds is 4. The zero-order valence-corrected chi connectivity index (χ0v) is 20.7. The number of thioether (sulfide) groups is 1. The van der Waals surface area contributed by atoms with E-state index in [0.717, 1.165) is 78.3 Å². The summed E-state index contributed by atoms with van der Waals surface area (Å²) in [5, 5.41) is 7.77. The van der Waals surface area contributed by atoms with Crippen LogP contribution in [-0.4, -0.2) is 67.0 Å². The van der Waals surface area contributed by atoms with Crippen molar-refractivity contribution in [1.82, 2.24) is 15.2 Å². The summed E-state index contributed by atoms with van der Waals surface area (Å²) in [6, 6.07) is 12.5. The fraction of sp³-hybridized carbons (Fsp3) is 0.407. The number of hydrogen-bond donors (Lipinski definition) is 2. The average Bonchev–Trinajstić information content (AvgIpc) is 2.92. The lowest BCUT2D eigenvalue weighted by Crippen LogP contribution is -2.51. The Balaban J connectivity index is 1.09. The minimum Gasteiger partial charge on any atom is -0.497 e. The Bertz CT molecular complexity index is 1250.